The average Bonchev–Trinajstić information content (AvgIpc) is 2.86. The Balaban J connectivity index is 0. The van der Waals surface area contributed by atoms with Crippen LogP contribution in [0, 0.1) is 11.8 Å². The summed E-state index contributed by atoms with van der Waals surface area (Å²) in [7, 11) is 6.31. The lowest BCUT2D eigenvalue weighted by Crippen LogP contribution is -2.47. The molecule has 2 fully saturated rings. The zero-order valence-electron chi connectivity index (χ0n) is 25.8. The number of piperidine rings is 2. The molecule has 2 rings (SSSR count). The van der Waals surface area contributed by atoms with Crippen LogP contribution in [0.25, 0.3) is 0 Å². The van der Waals surface area contributed by atoms with Gasteiger partial charge in [-0.1, -0.05) is 0 Å². The van der Waals surface area contributed by atoms with Crippen LogP contribution in [0.5, 0.6) is 0 Å². The van der Waals surface area contributed by atoms with E-state index < -0.39 is 29.2 Å². The number of carboxylic acid groups (broad SMARTS) is 1. The van der Waals surface area contributed by atoms with Crippen LogP contribution < -0.4 is 5.48 Å². The highest BCUT2D eigenvalue weighted by molar-refractivity contribution is 5.85. The first-order chi connectivity index (χ1) is 17.9. The summed E-state index contributed by atoms with van der Waals surface area (Å²) in [6.07, 6.45) is 2.15. The van der Waals surface area contributed by atoms with E-state index in [-0.39, 0.29) is 36.9 Å². The molecular formula is C26H51ClN4O9. The van der Waals surface area contributed by atoms with Crippen molar-refractivity contribution < 1.29 is 43.4 Å². The van der Waals surface area contributed by atoms with E-state index in [4.69, 9.17) is 19.4 Å². The van der Waals surface area contributed by atoms with Crippen LogP contribution in [0.2, 0.25) is 0 Å². The van der Waals surface area contributed by atoms with Crippen molar-refractivity contribution in [1.82, 2.24) is 20.3 Å². The van der Waals surface area contributed by atoms with Gasteiger partial charge in [0.1, 0.15) is 11.2 Å². The van der Waals surface area contributed by atoms with Crippen LogP contribution >= 0.6 is 12.4 Å². The summed E-state index contributed by atoms with van der Waals surface area (Å²) < 4.78 is 10.5. The Hall–Kier alpha value is -2.35. The number of carbonyl (C=O) groups excluding carboxylic acids is 3. The average molecular weight is 599 g/mol. The predicted molar refractivity (Wildman–Crippen MR) is 152 cm³/mol. The molecule has 2 saturated heterocycles. The van der Waals surface area contributed by atoms with Gasteiger partial charge in [-0.2, -0.15) is 0 Å². The van der Waals surface area contributed by atoms with Crippen LogP contribution in [0.3, 0.4) is 0 Å². The number of rotatable bonds is 4. The molecule has 0 aromatic carbocycles. The summed E-state index contributed by atoms with van der Waals surface area (Å²) in [5.74, 6) is -1.61. The molecule has 0 bridgehead atoms. The van der Waals surface area contributed by atoms with Gasteiger partial charge in [0, 0.05) is 40.3 Å². The van der Waals surface area contributed by atoms with Gasteiger partial charge in [-0.3, -0.25) is 14.4 Å². The van der Waals surface area contributed by atoms with Crippen molar-refractivity contribution in [1.29, 1.82) is 0 Å². The van der Waals surface area contributed by atoms with E-state index in [1.807, 2.05) is 20.8 Å². The lowest BCUT2D eigenvalue weighted by Gasteiger charge is -2.34. The smallest absolute Gasteiger partial charge is 0.410 e. The lowest BCUT2D eigenvalue weighted by molar-refractivity contribution is -0.174. The molecule has 0 spiro atoms. The van der Waals surface area contributed by atoms with Crippen molar-refractivity contribution in [2.45, 2.75) is 78.4 Å². The third kappa shape index (κ3) is 16.7. The molecule has 0 radical (unpaired) electrons. The molecule has 2 unspecified atom stereocenters. The number of carboxylic acids is 1. The maximum atomic E-state index is 12.0. The van der Waals surface area contributed by atoms with Crippen molar-refractivity contribution in [3.63, 3.8) is 0 Å². The molecule has 2 aliphatic heterocycles. The predicted octanol–water partition coefficient (Wildman–Crippen LogP) is 3.56. The molecule has 40 heavy (non-hydrogen) atoms. The van der Waals surface area contributed by atoms with Gasteiger partial charge in [-0.05, 0) is 67.2 Å². The second kappa shape index (κ2) is 18.9. The Morgan fingerprint density at radius 1 is 0.825 bits per heavy atom. The van der Waals surface area contributed by atoms with E-state index in [0.29, 0.717) is 26.1 Å². The third-order valence-corrected chi connectivity index (χ3v) is 5.63. The van der Waals surface area contributed by atoms with Crippen molar-refractivity contribution in [2.75, 3.05) is 54.5 Å². The Bertz CT molecular complexity index is 785. The molecule has 2 heterocycles. The summed E-state index contributed by atoms with van der Waals surface area (Å²) in [6, 6.07) is 0. The molecule has 0 aromatic heterocycles. The topological polar surface area (TPSA) is 147 Å². The molecule has 2 aliphatic rings. The number of amides is 3. The monoisotopic (exact) mass is 598 g/mol. The minimum atomic E-state index is -0.840. The van der Waals surface area contributed by atoms with E-state index in [2.05, 4.69) is 10.3 Å². The van der Waals surface area contributed by atoms with Crippen LogP contribution in [0.1, 0.15) is 67.2 Å². The molecule has 0 saturated carbocycles. The van der Waals surface area contributed by atoms with Crippen LogP contribution in [-0.2, 0) is 28.7 Å². The van der Waals surface area contributed by atoms with Gasteiger partial charge in [-0.15, -0.1) is 12.4 Å². The number of nitrogens with zero attached hydrogens (tertiary/aromatic N) is 3. The van der Waals surface area contributed by atoms with Gasteiger partial charge < -0.3 is 29.2 Å². The minimum absolute atomic E-state index is 0. The summed E-state index contributed by atoms with van der Waals surface area (Å²) in [4.78, 5) is 58.8. The number of ether oxygens (including phenoxy) is 2. The standard InChI is InChI=1S/C13H24N2O4.C11H19NO4.C2H7NO.ClH/c1-13(2,3)19-12(17)15-8-6-7-10(9-15)11(16)14(4)18-5;1-11(2,3)16-10(15)12-6-4-5-8(7-12)9(13)14;1-3-4-2;/h10H,6-9H2,1-5H3;8H,4-7H2,1-3H3,(H,13,14);3H,1-2H3;1H. The molecular weight excluding hydrogens is 548 g/mol. The molecule has 2 N–H and O–H groups in total. The summed E-state index contributed by atoms with van der Waals surface area (Å²) in [5.41, 5.74) is 1.38. The molecule has 14 heteroatoms. The highest BCUT2D eigenvalue weighted by atomic mass is 35.5. The second-order valence-corrected chi connectivity index (χ2v) is 11.3. The highest BCUT2D eigenvalue weighted by Crippen LogP contribution is 2.21. The van der Waals surface area contributed by atoms with E-state index in [1.165, 1.54) is 17.1 Å². The fourth-order valence-corrected chi connectivity index (χ4v) is 3.69. The van der Waals surface area contributed by atoms with Crippen LogP contribution in [-0.4, -0.2) is 110 Å². The van der Waals surface area contributed by atoms with Crippen LogP contribution in [0.4, 0.5) is 9.59 Å². The fourth-order valence-electron chi connectivity index (χ4n) is 3.69. The van der Waals surface area contributed by atoms with Crippen molar-refractivity contribution >= 4 is 36.5 Å². The van der Waals surface area contributed by atoms with Gasteiger partial charge in [0.15, 0.2) is 0 Å². The molecule has 3 amide bonds. The number of carbonyl (C=O) groups is 4. The quantitative estimate of drug-likeness (QED) is 0.460. The summed E-state index contributed by atoms with van der Waals surface area (Å²) >= 11 is 0. The zero-order valence-corrected chi connectivity index (χ0v) is 26.6. The Labute approximate surface area is 245 Å². The van der Waals surface area contributed by atoms with Crippen molar-refractivity contribution in [3.05, 3.63) is 0 Å². The van der Waals surface area contributed by atoms with Gasteiger partial charge >= 0.3 is 18.2 Å². The maximum absolute atomic E-state index is 12.0. The number of aliphatic carboxylic acids is 1. The molecule has 13 nitrogen and oxygen atoms in total. The number of halogens is 1. The van der Waals surface area contributed by atoms with E-state index in [9.17, 15) is 19.2 Å². The number of likely N-dealkylation sites (tertiary alicyclic amines) is 2. The first-order valence-corrected chi connectivity index (χ1v) is 13.2. The Kier molecular flexibility index (Phi) is 18.8. The number of hydroxylamine groups is 3. The summed E-state index contributed by atoms with van der Waals surface area (Å²) in [6.45, 7) is 12.7. The number of hydrogen-bond donors (Lipinski definition) is 2. The largest absolute Gasteiger partial charge is 0.481 e. The first-order valence-electron chi connectivity index (χ1n) is 13.2. The molecule has 236 valence electrons. The SMILES string of the molecule is CC(C)(C)OC(=O)N1CCCC(C(=O)O)C1.CNOC.CON(C)C(=O)C1CCCN(C(=O)OC(C)(C)C)C1.Cl. The fraction of sp³-hybridized carbons (Fsp3) is 0.846. The van der Waals surface area contributed by atoms with Crippen molar-refractivity contribution in [3.8, 4) is 0 Å². The highest BCUT2D eigenvalue weighted by Gasteiger charge is 2.33. The lowest BCUT2D eigenvalue weighted by atomic mass is 9.97. The van der Waals surface area contributed by atoms with E-state index in [1.54, 1.807) is 46.9 Å². The van der Waals surface area contributed by atoms with Gasteiger partial charge in [0.05, 0.1) is 26.1 Å². The van der Waals surface area contributed by atoms with E-state index in [0.717, 1.165) is 19.3 Å². The van der Waals surface area contributed by atoms with Gasteiger partial charge in [0.2, 0.25) is 0 Å². The van der Waals surface area contributed by atoms with Gasteiger partial charge in [-0.25, -0.2) is 20.1 Å². The molecule has 0 aliphatic carbocycles. The molecule has 2 atom stereocenters. The first kappa shape index (κ1) is 39.8. The van der Waals surface area contributed by atoms with Crippen LogP contribution in [0.15, 0.2) is 0 Å². The van der Waals surface area contributed by atoms with E-state index >= 15 is 0 Å². The Morgan fingerprint density at radius 3 is 1.52 bits per heavy atom. The second-order valence-electron chi connectivity index (χ2n) is 11.3. The summed E-state index contributed by atoms with van der Waals surface area (Å²) in [5, 5.41) is 10.1. The maximum Gasteiger partial charge on any atom is 0.410 e. The molecule has 0 aromatic rings. The third-order valence-electron chi connectivity index (χ3n) is 5.63. The number of nitrogens with one attached hydrogen (secondary N) is 1. The minimum Gasteiger partial charge on any atom is -0.481 e. The normalized spacial score (nSPS) is 18.9. The van der Waals surface area contributed by atoms with Gasteiger partial charge in [0.25, 0.3) is 5.91 Å². The zero-order chi connectivity index (χ0) is 30.4. The Morgan fingerprint density at radius 2 is 1.20 bits per heavy atom. The number of hydrogen-bond acceptors (Lipinski definition) is 9. The van der Waals surface area contributed by atoms with Crippen molar-refractivity contribution in [2.24, 2.45) is 11.8 Å².